The Hall–Kier alpha value is -0.610. The quantitative estimate of drug-likeness (QED) is 0.209. The third kappa shape index (κ3) is 5.53. The fourth-order valence-corrected chi connectivity index (χ4v) is 0.623. The first-order valence-electron chi connectivity index (χ1n) is 3.51. The van der Waals surface area contributed by atoms with Crippen LogP contribution >= 0.6 is 0 Å². The van der Waals surface area contributed by atoms with Gasteiger partial charge in [-0.1, -0.05) is 6.92 Å². The van der Waals surface area contributed by atoms with E-state index in [9.17, 15) is 4.79 Å². The van der Waals surface area contributed by atoms with Crippen LogP contribution in [0.2, 0.25) is 0 Å². The molecule has 0 aromatic heterocycles. The number of amides is 1. The molecular formula is C6H15N3O. The lowest BCUT2D eigenvalue weighted by Crippen LogP contribution is -2.30. The summed E-state index contributed by atoms with van der Waals surface area (Å²) in [5.74, 6) is 4.77. The molecule has 4 heteroatoms. The summed E-state index contributed by atoms with van der Waals surface area (Å²) in [5.41, 5.74) is 2.08. The van der Waals surface area contributed by atoms with Crippen LogP contribution in [0.3, 0.4) is 0 Å². The van der Waals surface area contributed by atoms with Gasteiger partial charge in [0.05, 0.1) is 0 Å². The number of rotatable bonds is 5. The molecule has 0 bridgehead atoms. The minimum atomic E-state index is -0.0992. The predicted molar refractivity (Wildman–Crippen MR) is 40.1 cm³/mol. The number of nitrogens with one attached hydrogen (secondary N) is 2. The van der Waals surface area contributed by atoms with Gasteiger partial charge in [-0.05, 0) is 19.5 Å². The van der Waals surface area contributed by atoms with Crippen molar-refractivity contribution < 1.29 is 4.79 Å². The molecule has 1 amide bonds. The number of carbonyl (C=O) groups is 1. The first-order valence-corrected chi connectivity index (χ1v) is 3.51. The second-order valence-corrected chi connectivity index (χ2v) is 2.02. The molecule has 0 aliphatic carbocycles. The molecule has 0 saturated heterocycles. The van der Waals surface area contributed by atoms with E-state index in [0.29, 0.717) is 6.42 Å². The van der Waals surface area contributed by atoms with Gasteiger partial charge in [-0.25, -0.2) is 5.84 Å². The fourth-order valence-electron chi connectivity index (χ4n) is 0.623. The maximum Gasteiger partial charge on any atom is 0.233 e. The maximum absolute atomic E-state index is 10.5. The van der Waals surface area contributed by atoms with Crippen molar-refractivity contribution in [3.63, 3.8) is 0 Å². The molecule has 0 radical (unpaired) electrons. The van der Waals surface area contributed by atoms with Crippen LogP contribution in [-0.2, 0) is 4.79 Å². The third-order valence-corrected chi connectivity index (χ3v) is 1.17. The standard InChI is InChI=1S/C6H15N3O/c1-2-8-5-3-4-6(10)9-7/h8H,2-5,7H2,1H3,(H,9,10). The molecule has 0 aromatic carbocycles. The molecule has 0 saturated carbocycles. The van der Waals surface area contributed by atoms with Crippen molar-refractivity contribution in [2.24, 2.45) is 5.84 Å². The monoisotopic (exact) mass is 145 g/mol. The van der Waals surface area contributed by atoms with Crippen LogP contribution in [0.5, 0.6) is 0 Å². The second kappa shape index (κ2) is 6.51. The highest BCUT2D eigenvalue weighted by Gasteiger charge is 1.95. The Balaban J connectivity index is 2.96. The minimum Gasteiger partial charge on any atom is -0.317 e. The van der Waals surface area contributed by atoms with Crippen LogP contribution in [0.1, 0.15) is 19.8 Å². The Morgan fingerprint density at radius 3 is 2.80 bits per heavy atom. The summed E-state index contributed by atoms with van der Waals surface area (Å²) in [6.45, 7) is 3.86. The zero-order chi connectivity index (χ0) is 7.82. The largest absolute Gasteiger partial charge is 0.317 e. The molecular weight excluding hydrogens is 130 g/mol. The lowest BCUT2D eigenvalue weighted by molar-refractivity contribution is -0.121. The molecule has 0 heterocycles. The van der Waals surface area contributed by atoms with E-state index in [-0.39, 0.29) is 5.91 Å². The van der Waals surface area contributed by atoms with Crippen LogP contribution < -0.4 is 16.6 Å². The zero-order valence-corrected chi connectivity index (χ0v) is 6.31. The van der Waals surface area contributed by atoms with E-state index in [1.54, 1.807) is 0 Å². The van der Waals surface area contributed by atoms with E-state index >= 15 is 0 Å². The van der Waals surface area contributed by atoms with Crippen molar-refractivity contribution >= 4 is 5.91 Å². The highest BCUT2D eigenvalue weighted by atomic mass is 16.2. The van der Waals surface area contributed by atoms with Gasteiger partial charge < -0.3 is 5.32 Å². The van der Waals surface area contributed by atoms with Gasteiger partial charge in [0.2, 0.25) is 5.91 Å². The second-order valence-electron chi connectivity index (χ2n) is 2.02. The first-order chi connectivity index (χ1) is 4.81. The number of hydrogen-bond acceptors (Lipinski definition) is 3. The van der Waals surface area contributed by atoms with Crippen LogP contribution in [0.25, 0.3) is 0 Å². The Morgan fingerprint density at radius 2 is 2.30 bits per heavy atom. The topological polar surface area (TPSA) is 67.2 Å². The van der Waals surface area contributed by atoms with Gasteiger partial charge in [0.1, 0.15) is 0 Å². The third-order valence-electron chi connectivity index (χ3n) is 1.17. The molecule has 0 aromatic rings. The predicted octanol–water partition coefficient (Wildman–Crippen LogP) is -0.634. The van der Waals surface area contributed by atoms with E-state index in [2.05, 4.69) is 10.7 Å². The molecule has 0 spiro atoms. The maximum atomic E-state index is 10.5. The molecule has 10 heavy (non-hydrogen) atoms. The molecule has 0 aliphatic rings. The fraction of sp³-hybridized carbons (Fsp3) is 0.833. The minimum absolute atomic E-state index is 0.0992. The van der Waals surface area contributed by atoms with Crippen LogP contribution in [0.4, 0.5) is 0 Å². The summed E-state index contributed by atoms with van der Waals surface area (Å²) < 4.78 is 0. The molecule has 0 aliphatic heterocycles. The molecule has 4 nitrogen and oxygen atoms in total. The van der Waals surface area contributed by atoms with Crippen molar-refractivity contribution in [1.82, 2.24) is 10.7 Å². The summed E-state index contributed by atoms with van der Waals surface area (Å²) >= 11 is 0. The first kappa shape index (κ1) is 9.39. The van der Waals surface area contributed by atoms with Crippen molar-refractivity contribution in [2.75, 3.05) is 13.1 Å². The molecule has 4 N–H and O–H groups in total. The molecule has 60 valence electrons. The van der Waals surface area contributed by atoms with E-state index in [1.165, 1.54) is 0 Å². The number of carbonyl (C=O) groups excluding carboxylic acids is 1. The van der Waals surface area contributed by atoms with Gasteiger partial charge in [-0.2, -0.15) is 0 Å². The van der Waals surface area contributed by atoms with Crippen molar-refractivity contribution in [1.29, 1.82) is 0 Å². The Bertz CT molecular complexity index is 95.0. The SMILES string of the molecule is CCNCCCC(=O)NN. The van der Waals surface area contributed by atoms with Crippen molar-refractivity contribution in [2.45, 2.75) is 19.8 Å². The molecule has 0 rings (SSSR count). The molecule has 0 unspecified atom stereocenters. The summed E-state index contributed by atoms with van der Waals surface area (Å²) in [6, 6.07) is 0. The Kier molecular flexibility index (Phi) is 6.11. The normalized spacial score (nSPS) is 9.40. The van der Waals surface area contributed by atoms with Crippen LogP contribution in [-0.4, -0.2) is 19.0 Å². The van der Waals surface area contributed by atoms with Gasteiger partial charge in [-0.3, -0.25) is 10.2 Å². The smallest absolute Gasteiger partial charge is 0.233 e. The van der Waals surface area contributed by atoms with E-state index < -0.39 is 0 Å². The van der Waals surface area contributed by atoms with Crippen molar-refractivity contribution in [3.05, 3.63) is 0 Å². The van der Waals surface area contributed by atoms with E-state index in [0.717, 1.165) is 19.5 Å². The van der Waals surface area contributed by atoms with Gasteiger partial charge in [0.15, 0.2) is 0 Å². The highest BCUT2D eigenvalue weighted by Crippen LogP contribution is 1.84. The van der Waals surface area contributed by atoms with E-state index in [1.807, 2.05) is 6.92 Å². The summed E-state index contributed by atoms with van der Waals surface area (Å²) in [7, 11) is 0. The number of hydrazine groups is 1. The summed E-state index contributed by atoms with van der Waals surface area (Å²) in [5, 5.41) is 3.11. The van der Waals surface area contributed by atoms with Gasteiger partial charge in [0.25, 0.3) is 0 Å². The summed E-state index contributed by atoms with van der Waals surface area (Å²) in [6.07, 6.45) is 1.35. The lowest BCUT2D eigenvalue weighted by atomic mass is 10.3. The highest BCUT2D eigenvalue weighted by molar-refractivity contribution is 5.75. The van der Waals surface area contributed by atoms with Gasteiger partial charge in [-0.15, -0.1) is 0 Å². The zero-order valence-electron chi connectivity index (χ0n) is 6.31. The van der Waals surface area contributed by atoms with Crippen LogP contribution in [0.15, 0.2) is 0 Å². The van der Waals surface area contributed by atoms with E-state index in [4.69, 9.17) is 5.84 Å². The lowest BCUT2D eigenvalue weighted by Gasteiger charge is -1.99. The van der Waals surface area contributed by atoms with Gasteiger partial charge in [0, 0.05) is 6.42 Å². The Labute approximate surface area is 61.1 Å². The Morgan fingerprint density at radius 1 is 1.60 bits per heavy atom. The number of hydrogen-bond donors (Lipinski definition) is 3. The molecule has 0 atom stereocenters. The summed E-state index contributed by atoms with van der Waals surface area (Å²) in [4.78, 5) is 10.5. The van der Waals surface area contributed by atoms with Gasteiger partial charge >= 0.3 is 0 Å². The molecule has 0 fully saturated rings. The van der Waals surface area contributed by atoms with Crippen molar-refractivity contribution in [3.8, 4) is 0 Å². The number of nitrogens with two attached hydrogens (primary N) is 1. The van der Waals surface area contributed by atoms with Crippen LogP contribution in [0, 0.1) is 0 Å². The average Bonchev–Trinajstić information content (AvgIpc) is 1.98. The average molecular weight is 145 g/mol.